The van der Waals surface area contributed by atoms with Crippen LogP contribution in [-0.4, -0.2) is 34.4 Å². The van der Waals surface area contributed by atoms with Crippen LogP contribution in [0, 0.1) is 0 Å². The molecule has 2 rings (SSSR count). The highest BCUT2D eigenvalue weighted by atomic mass is 16.5. The summed E-state index contributed by atoms with van der Waals surface area (Å²) in [4.78, 5) is 4.37. The van der Waals surface area contributed by atoms with Crippen LogP contribution in [0.5, 0.6) is 0 Å². The molecule has 1 N–H and O–H groups in total. The lowest BCUT2D eigenvalue weighted by atomic mass is 10.2. The smallest absolute Gasteiger partial charge is 0.243 e. The molecule has 0 aliphatic heterocycles. The summed E-state index contributed by atoms with van der Waals surface area (Å²) in [5.74, 6) is 0.648. The molecule has 0 bridgehead atoms. The first-order valence-electron chi connectivity index (χ1n) is 5.40. The van der Waals surface area contributed by atoms with E-state index in [1.165, 1.54) is 0 Å². The van der Waals surface area contributed by atoms with E-state index in [1.54, 1.807) is 11.6 Å². The molecule has 0 saturated heterocycles. The van der Waals surface area contributed by atoms with E-state index in [1.807, 2.05) is 24.4 Å². The highest BCUT2D eigenvalue weighted by Crippen LogP contribution is 2.07. The summed E-state index contributed by atoms with van der Waals surface area (Å²) in [5.41, 5.74) is 0.845. The Morgan fingerprint density at radius 3 is 3.06 bits per heavy atom. The van der Waals surface area contributed by atoms with E-state index in [0.717, 1.165) is 12.1 Å². The second kappa shape index (κ2) is 4.94. The summed E-state index contributed by atoms with van der Waals surface area (Å²) in [6.07, 6.45) is 2.86. The van der Waals surface area contributed by atoms with Gasteiger partial charge in [-0.15, -0.1) is 5.10 Å². The summed E-state index contributed by atoms with van der Waals surface area (Å²) in [6.45, 7) is 2.76. The van der Waals surface area contributed by atoms with Crippen molar-refractivity contribution in [2.45, 2.75) is 19.4 Å². The van der Waals surface area contributed by atoms with Crippen LogP contribution in [0.4, 0.5) is 5.95 Å². The third-order valence-electron chi connectivity index (χ3n) is 2.44. The van der Waals surface area contributed by atoms with Crippen molar-refractivity contribution < 1.29 is 4.74 Å². The van der Waals surface area contributed by atoms with Gasteiger partial charge in [-0.25, -0.2) is 4.52 Å². The lowest BCUT2D eigenvalue weighted by molar-refractivity contribution is 0.184. The summed E-state index contributed by atoms with van der Waals surface area (Å²) in [7, 11) is 1.70. The molecule has 2 aromatic rings. The first-order valence-corrected chi connectivity index (χ1v) is 5.40. The predicted octanol–water partition coefficient (Wildman–Crippen LogP) is 1.57. The first-order chi connectivity index (χ1) is 7.83. The van der Waals surface area contributed by atoms with Crippen LogP contribution in [0.1, 0.15) is 13.3 Å². The number of fused-ring (bicyclic) bond motifs is 1. The van der Waals surface area contributed by atoms with E-state index in [4.69, 9.17) is 4.74 Å². The highest BCUT2D eigenvalue weighted by molar-refractivity contribution is 5.43. The maximum Gasteiger partial charge on any atom is 0.243 e. The largest absolute Gasteiger partial charge is 0.383 e. The van der Waals surface area contributed by atoms with E-state index in [-0.39, 0.29) is 6.04 Å². The molecule has 0 aromatic carbocycles. The second-order valence-electron chi connectivity index (χ2n) is 3.64. The monoisotopic (exact) mass is 220 g/mol. The van der Waals surface area contributed by atoms with Crippen molar-refractivity contribution in [1.29, 1.82) is 0 Å². The Morgan fingerprint density at radius 2 is 2.38 bits per heavy atom. The number of ether oxygens (including phenoxy) is 1. The maximum absolute atomic E-state index is 5.12. The highest BCUT2D eigenvalue weighted by Gasteiger charge is 2.09. The average molecular weight is 220 g/mol. The molecule has 0 radical (unpaired) electrons. The Kier molecular flexibility index (Phi) is 3.36. The fourth-order valence-electron chi connectivity index (χ4n) is 1.54. The Labute approximate surface area is 94.4 Å². The quantitative estimate of drug-likeness (QED) is 0.831. The third kappa shape index (κ3) is 2.30. The normalized spacial score (nSPS) is 12.9. The maximum atomic E-state index is 5.12. The first kappa shape index (κ1) is 10.9. The standard InChI is InChI=1S/C11H16N4O/c1-3-9(8-16-2)12-11-13-10-6-4-5-7-15(10)14-11/h4-7,9H,3,8H2,1-2H3,(H,12,14). The number of anilines is 1. The minimum absolute atomic E-state index is 0.252. The van der Waals surface area contributed by atoms with E-state index >= 15 is 0 Å². The van der Waals surface area contributed by atoms with Crippen molar-refractivity contribution in [1.82, 2.24) is 14.6 Å². The molecule has 86 valence electrons. The molecule has 0 fully saturated rings. The fraction of sp³-hybridized carbons (Fsp3) is 0.455. The van der Waals surface area contributed by atoms with Gasteiger partial charge in [-0.05, 0) is 18.6 Å². The number of hydrogen-bond donors (Lipinski definition) is 1. The van der Waals surface area contributed by atoms with Crippen molar-refractivity contribution in [2.75, 3.05) is 19.0 Å². The zero-order chi connectivity index (χ0) is 11.4. The number of hydrogen-bond acceptors (Lipinski definition) is 4. The molecule has 0 spiro atoms. The average Bonchev–Trinajstić information content (AvgIpc) is 2.70. The molecule has 5 heteroatoms. The van der Waals surface area contributed by atoms with Crippen molar-refractivity contribution in [3.8, 4) is 0 Å². The molecule has 2 aromatic heterocycles. The lowest BCUT2D eigenvalue weighted by Gasteiger charge is -2.13. The lowest BCUT2D eigenvalue weighted by Crippen LogP contribution is -2.24. The Bertz CT molecular complexity index is 421. The Hall–Kier alpha value is -1.62. The molecule has 1 atom stereocenters. The molecule has 1 unspecified atom stereocenters. The summed E-state index contributed by atoms with van der Waals surface area (Å²) in [5, 5.41) is 7.57. The van der Waals surface area contributed by atoms with Crippen molar-refractivity contribution >= 4 is 11.6 Å². The predicted molar refractivity (Wildman–Crippen MR) is 62.6 cm³/mol. The van der Waals surface area contributed by atoms with Crippen LogP contribution in [0.15, 0.2) is 24.4 Å². The van der Waals surface area contributed by atoms with Gasteiger partial charge in [0, 0.05) is 13.3 Å². The van der Waals surface area contributed by atoms with Crippen LogP contribution in [0.2, 0.25) is 0 Å². The number of rotatable bonds is 5. The van der Waals surface area contributed by atoms with E-state index < -0.39 is 0 Å². The molecule has 0 aliphatic rings. The van der Waals surface area contributed by atoms with Crippen molar-refractivity contribution in [2.24, 2.45) is 0 Å². The number of pyridine rings is 1. The summed E-state index contributed by atoms with van der Waals surface area (Å²) < 4.78 is 6.87. The topological polar surface area (TPSA) is 51.5 Å². The van der Waals surface area contributed by atoms with Gasteiger partial charge in [0.2, 0.25) is 5.95 Å². The van der Waals surface area contributed by atoms with Crippen molar-refractivity contribution in [3.05, 3.63) is 24.4 Å². The SMILES string of the molecule is CCC(COC)Nc1nc2ccccn2n1. The van der Waals surface area contributed by atoms with Crippen LogP contribution < -0.4 is 5.32 Å². The van der Waals surface area contributed by atoms with Gasteiger partial charge in [-0.3, -0.25) is 0 Å². The van der Waals surface area contributed by atoms with Crippen LogP contribution in [-0.2, 0) is 4.74 Å². The molecule has 2 heterocycles. The van der Waals surface area contributed by atoms with Gasteiger partial charge >= 0.3 is 0 Å². The van der Waals surface area contributed by atoms with Gasteiger partial charge in [-0.2, -0.15) is 4.98 Å². The van der Waals surface area contributed by atoms with Gasteiger partial charge in [0.1, 0.15) is 0 Å². The van der Waals surface area contributed by atoms with Gasteiger partial charge in [-0.1, -0.05) is 13.0 Å². The number of nitrogens with zero attached hydrogens (tertiary/aromatic N) is 3. The number of nitrogens with one attached hydrogen (secondary N) is 1. The van der Waals surface area contributed by atoms with Gasteiger partial charge in [0.05, 0.1) is 12.6 Å². The van der Waals surface area contributed by atoms with Crippen molar-refractivity contribution in [3.63, 3.8) is 0 Å². The third-order valence-corrected chi connectivity index (χ3v) is 2.44. The molecular formula is C11H16N4O. The molecule has 5 nitrogen and oxygen atoms in total. The Balaban J connectivity index is 2.14. The molecular weight excluding hydrogens is 204 g/mol. The van der Waals surface area contributed by atoms with Crippen LogP contribution >= 0.6 is 0 Å². The van der Waals surface area contributed by atoms with Crippen LogP contribution in [0.3, 0.4) is 0 Å². The minimum Gasteiger partial charge on any atom is -0.383 e. The molecule has 0 saturated carbocycles. The van der Waals surface area contributed by atoms with Gasteiger partial charge < -0.3 is 10.1 Å². The molecule has 16 heavy (non-hydrogen) atoms. The second-order valence-corrected chi connectivity index (χ2v) is 3.64. The minimum atomic E-state index is 0.252. The van der Waals surface area contributed by atoms with Gasteiger partial charge in [0.15, 0.2) is 5.65 Å². The number of methoxy groups -OCH3 is 1. The van der Waals surface area contributed by atoms with E-state index in [0.29, 0.717) is 12.6 Å². The Morgan fingerprint density at radius 1 is 1.50 bits per heavy atom. The van der Waals surface area contributed by atoms with E-state index in [2.05, 4.69) is 22.3 Å². The zero-order valence-corrected chi connectivity index (χ0v) is 9.55. The number of aromatic nitrogens is 3. The fourth-order valence-corrected chi connectivity index (χ4v) is 1.54. The zero-order valence-electron chi connectivity index (χ0n) is 9.55. The van der Waals surface area contributed by atoms with E-state index in [9.17, 15) is 0 Å². The van der Waals surface area contributed by atoms with Crippen LogP contribution in [0.25, 0.3) is 5.65 Å². The molecule has 0 amide bonds. The summed E-state index contributed by atoms with van der Waals surface area (Å²) >= 11 is 0. The summed E-state index contributed by atoms with van der Waals surface area (Å²) in [6, 6.07) is 6.05. The van der Waals surface area contributed by atoms with Gasteiger partial charge in [0.25, 0.3) is 0 Å². The molecule has 0 aliphatic carbocycles.